The molecule has 5 nitrogen and oxygen atoms in total. The molecule has 1 aromatic carbocycles. The van der Waals surface area contributed by atoms with Gasteiger partial charge in [0, 0.05) is 19.8 Å². The van der Waals surface area contributed by atoms with Crippen LogP contribution in [0.4, 0.5) is 10.2 Å². The maximum Gasteiger partial charge on any atom is 0.241 e. The Bertz CT molecular complexity index is 761. The molecule has 0 radical (unpaired) electrons. The van der Waals surface area contributed by atoms with Crippen molar-refractivity contribution in [2.45, 2.75) is 18.4 Å². The van der Waals surface area contributed by atoms with Crippen LogP contribution >= 0.6 is 0 Å². The molecular formula is C15H18FN3O2S. The molecule has 0 saturated heterocycles. The van der Waals surface area contributed by atoms with Crippen LogP contribution in [-0.4, -0.2) is 27.5 Å². The third-order valence-electron chi connectivity index (χ3n) is 3.35. The van der Waals surface area contributed by atoms with E-state index in [1.165, 1.54) is 25.4 Å². The summed E-state index contributed by atoms with van der Waals surface area (Å²) in [5, 5.41) is 0. The Balaban J connectivity index is 2.16. The van der Waals surface area contributed by atoms with Crippen LogP contribution in [0.5, 0.6) is 0 Å². The number of halogens is 1. The zero-order chi connectivity index (χ0) is 16.3. The summed E-state index contributed by atoms with van der Waals surface area (Å²) in [5.41, 5.74) is 1.42. The maximum absolute atomic E-state index is 13.5. The average Bonchev–Trinajstić information content (AvgIpc) is 2.51. The first-order chi connectivity index (χ1) is 10.3. The Morgan fingerprint density at radius 1 is 1.27 bits per heavy atom. The molecule has 0 aliphatic rings. The highest BCUT2D eigenvalue weighted by Gasteiger charge is 2.12. The fourth-order valence-corrected chi connectivity index (χ4v) is 2.64. The van der Waals surface area contributed by atoms with Crippen molar-refractivity contribution in [2.75, 3.05) is 19.0 Å². The van der Waals surface area contributed by atoms with E-state index in [1.807, 2.05) is 18.0 Å². The number of nitrogens with one attached hydrogen (secondary N) is 1. The molecule has 1 N–H and O–H groups in total. The summed E-state index contributed by atoms with van der Waals surface area (Å²) in [7, 11) is -0.330. The van der Waals surface area contributed by atoms with Crippen LogP contribution in [-0.2, 0) is 16.6 Å². The number of aromatic nitrogens is 1. The topological polar surface area (TPSA) is 62.3 Å². The number of hydrogen-bond donors (Lipinski definition) is 1. The number of benzene rings is 1. The number of anilines is 1. The molecule has 0 aliphatic heterocycles. The molecule has 0 amide bonds. The Morgan fingerprint density at radius 2 is 2.00 bits per heavy atom. The summed E-state index contributed by atoms with van der Waals surface area (Å²) in [5.74, 6) is 0.366. The Labute approximate surface area is 129 Å². The molecule has 0 unspecified atom stereocenters. The third kappa shape index (κ3) is 3.61. The van der Waals surface area contributed by atoms with Gasteiger partial charge in [0.05, 0.1) is 0 Å². The van der Waals surface area contributed by atoms with Crippen molar-refractivity contribution in [3.63, 3.8) is 0 Å². The fraction of sp³-hybridized carbons (Fsp3) is 0.267. The number of pyridine rings is 1. The molecule has 0 fully saturated rings. The molecule has 7 heteroatoms. The minimum absolute atomic E-state index is 0.105. The third-order valence-corrected chi connectivity index (χ3v) is 4.75. The van der Waals surface area contributed by atoms with Crippen LogP contribution in [0.1, 0.15) is 11.1 Å². The molecule has 0 saturated carbocycles. The Morgan fingerprint density at radius 3 is 2.55 bits per heavy atom. The molecule has 0 spiro atoms. The largest absolute Gasteiger partial charge is 0.355 e. The first-order valence-electron chi connectivity index (χ1n) is 6.69. The minimum Gasteiger partial charge on any atom is -0.355 e. The van der Waals surface area contributed by atoms with E-state index in [4.69, 9.17) is 0 Å². The second-order valence-corrected chi connectivity index (χ2v) is 6.89. The van der Waals surface area contributed by atoms with E-state index in [2.05, 4.69) is 9.71 Å². The highest BCUT2D eigenvalue weighted by Crippen LogP contribution is 2.17. The molecule has 0 atom stereocenters. The SMILES string of the molecule is CNS(=O)(=O)c1ccc(N(C)Cc2ccc(C)c(F)c2)nc1. The van der Waals surface area contributed by atoms with Crippen molar-refractivity contribution in [3.8, 4) is 0 Å². The van der Waals surface area contributed by atoms with Gasteiger partial charge in [0.25, 0.3) is 0 Å². The second kappa shape index (κ2) is 6.41. The van der Waals surface area contributed by atoms with Crippen molar-refractivity contribution < 1.29 is 12.8 Å². The molecule has 0 aliphatic carbocycles. The lowest BCUT2D eigenvalue weighted by molar-refractivity contribution is 0.587. The summed E-state index contributed by atoms with van der Waals surface area (Å²) < 4.78 is 39.1. The van der Waals surface area contributed by atoms with Crippen molar-refractivity contribution in [2.24, 2.45) is 0 Å². The van der Waals surface area contributed by atoms with Crippen LogP contribution in [0.25, 0.3) is 0 Å². The smallest absolute Gasteiger partial charge is 0.241 e. The number of rotatable bonds is 5. The van der Waals surface area contributed by atoms with Gasteiger partial charge in [-0.25, -0.2) is 22.5 Å². The summed E-state index contributed by atoms with van der Waals surface area (Å²) in [6, 6.07) is 8.18. The molecule has 1 aromatic heterocycles. The van der Waals surface area contributed by atoms with Crippen molar-refractivity contribution >= 4 is 15.8 Å². The molecule has 1 heterocycles. The van der Waals surface area contributed by atoms with Crippen LogP contribution in [0.15, 0.2) is 41.4 Å². The number of aryl methyl sites for hydroxylation is 1. The van der Waals surface area contributed by atoms with Gasteiger partial charge < -0.3 is 4.90 Å². The van der Waals surface area contributed by atoms with E-state index in [1.54, 1.807) is 19.1 Å². The van der Waals surface area contributed by atoms with Crippen molar-refractivity contribution in [1.82, 2.24) is 9.71 Å². The van der Waals surface area contributed by atoms with Gasteiger partial charge in [-0.05, 0) is 43.3 Å². The van der Waals surface area contributed by atoms with Gasteiger partial charge in [0.2, 0.25) is 10.0 Å². The molecule has 0 bridgehead atoms. The minimum atomic E-state index is -3.49. The van der Waals surface area contributed by atoms with Crippen LogP contribution in [0, 0.1) is 12.7 Å². The molecule has 118 valence electrons. The van der Waals surface area contributed by atoms with Crippen molar-refractivity contribution in [1.29, 1.82) is 0 Å². The van der Waals surface area contributed by atoms with E-state index in [9.17, 15) is 12.8 Å². The van der Waals surface area contributed by atoms with Gasteiger partial charge in [0.15, 0.2) is 0 Å². The van der Waals surface area contributed by atoms with Crippen LogP contribution in [0.3, 0.4) is 0 Å². The standard InChI is InChI=1S/C15H18FN3O2S/c1-11-4-5-12(8-14(11)16)10-19(3)15-7-6-13(9-18-15)22(20,21)17-2/h4-9,17H,10H2,1-3H3. The Kier molecular flexibility index (Phi) is 4.77. The first-order valence-corrected chi connectivity index (χ1v) is 8.17. The fourth-order valence-electron chi connectivity index (χ4n) is 1.96. The molecule has 2 aromatic rings. The number of sulfonamides is 1. The van der Waals surface area contributed by atoms with E-state index in [0.717, 1.165) is 5.56 Å². The zero-order valence-corrected chi connectivity index (χ0v) is 13.5. The number of nitrogens with zero attached hydrogens (tertiary/aromatic N) is 2. The highest BCUT2D eigenvalue weighted by molar-refractivity contribution is 7.89. The predicted octanol–water partition coefficient (Wildman–Crippen LogP) is 2.07. The lowest BCUT2D eigenvalue weighted by Gasteiger charge is -2.18. The lowest BCUT2D eigenvalue weighted by atomic mass is 10.1. The van der Waals surface area contributed by atoms with Gasteiger partial charge in [0.1, 0.15) is 16.5 Å². The summed E-state index contributed by atoms with van der Waals surface area (Å²) in [6.45, 7) is 2.19. The summed E-state index contributed by atoms with van der Waals surface area (Å²) >= 11 is 0. The van der Waals surface area contributed by atoms with Crippen LogP contribution < -0.4 is 9.62 Å². The molecular weight excluding hydrogens is 305 g/mol. The van der Waals surface area contributed by atoms with Crippen molar-refractivity contribution in [3.05, 3.63) is 53.5 Å². The molecule has 22 heavy (non-hydrogen) atoms. The maximum atomic E-state index is 13.5. The first kappa shape index (κ1) is 16.4. The quantitative estimate of drug-likeness (QED) is 0.915. The highest BCUT2D eigenvalue weighted by atomic mass is 32.2. The lowest BCUT2D eigenvalue weighted by Crippen LogP contribution is -2.20. The monoisotopic (exact) mass is 323 g/mol. The second-order valence-electron chi connectivity index (χ2n) is 5.00. The van der Waals surface area contributed by atoms with Gasteiger partial charge in [-0.2, -0.15) is 0 Å². The van der Waals surface area contributed by atoms with E-state index in [-0.39, 0.29) is 10.7 Å². The van der Waals surface area contributed by atoms with Gasteiger partial charge in [-0.1, -0.05) is 12.1 Å². The average molecular weight is 323 g/mol. The van der Waals surface area contributed by atoms with E-state index < -0.39 is 10.0 Å². The Hall–Kier alpha value is -1.99. The van der Waals surface area contributed by atoms with E-state index in [0.29, 0.717) is 17.9 Å². The predicted molar refractivity (Wildman–Crippen MR) is 83.7 cm³/mol. The van der Waals surface area contributed by atoms with Gasteiger partial charge in [-0.15, -0.1) is 0 Å². The van der Waals surface area contributed by atoms with Gasteiger partial charge in [-0.3, -0.25) is 0 Å². The summed E-state index contributed by atoms with van der Waals surface area (Å²) in [6.07, 6.45) is 1.30. The number of hydrogen-bond acceptors (Lipinski definition) is 4. The normalized spacial score (nSPS) is 11.5. The molecule has 2 rings (SSSR count). The van der Waals surface area contributed by atoms with Gasteiger partial charge >= 0.3 is 0 Å². The summed E-state index contributed by atoms with van der Waals surface area (Å²) in [4.78, 5) is 6.07. The van der Waals surface area contributed by atoms with E-state index >= 15 is 0 Å². The van der Waals surface area contributed by atoms with Crippen LogP contribution in [0.2, 0.25) is 0 Å². The zero-order valence-electron chi connectivity index (χ0n) is 12.7.